The molecule has 0 bridgehead atoms. The highest BCUT2D eigenvalue weighted by molar-refractivity contribution is 4.81. The largest absolute Gasteiger partial charge is 0.307 e. The Hall–Kier alpha value is -0.120. The minimum absolute atomic E-state index is 1.02. The molecule has 2 aliphatic heterocycles. The van der Waals surface area contributed by atoms with E-state index in [9.17, 15) is 0 Å². The van der Waals surface area contributed by atoms with Gasteiger partial charge in [-0.05, 0) is 77.8 Å². The van der Waals surface area contributed by atoms with Crippen LogP contribution in [-0.4, -0.2) is 56.7 Å². The van der Waals surface area contributed by atoms with Gasteiger partial charge in [-0.3, -0.25) is 4.90 Å². The van der Waals surface area contributed by atoms with Gasteiger partial charge < -0.3 is 10.2 Å². The van der Waals surface area contributed by atoms with E-state index >= 15 is 0 Å². The zero-order valence-electron chi connectivity index (χ0n) is 10.9. The molecule has 0 amide bonds. The van der Waals surface area contributed by atoms with E-state index in [4.69, 9.17) is 0 Å². The molecule has 2 saturated heterocycles. The Morgan fingerprint density at radius 1 is 0.938 bits per heavy atom. The van der Waals surface area contributed by atoms with Crippen LogP contribution in [-0.2, 0) is 0 Å². The fraction of sp³-hybridized carbons (Fsp3) is 1.00. The maximum atomic E-state index is 3.26. The SMILES string of the molecule is CNCN1CCC(C2CCN(C)CC2)CC1. The van der Waals surface area contributed by atoms with Gasteiger partial charge in [0, 0.05) is 6.67 Å². The summed E-state index contributed by atoms with van der Waals surface area (Å²) in [7, 11) is 4.30. The Morgan fingerprint density at radius 2 is 1.44 bits per heavy atom. The van der Waals surface area contributed by atoms with Gasteiger partial charge in [-0.15, -0.1) is 0 Å². The summed E-state index contributed by atoms with van der Waals surface area (Å²) >= 11 is 0. The van der Waals surface area contributed by atoms with Crippen LogP contribution in [0.4, 0.5) is 0 Å². The Bertz CT molecular complexity index is 191. The maximum absolute atomic E-state index is 3.26. The predicted molar refractivity (Wildman–Crippen MR) is 68.4 cm³/mol. The van der Waals surface area contributed by atoms with Crippen molar-refractivity contribution in [3.63, 3.8) is 0 Å². The molecular weight excluding hydrogens is 198 g/mol. The lowest BCUT2D eigenvalue weighted by Crippen LogP contribution is -2.42. The first kappa shape index (κ1) is 12.3. The summed E-state index contributed by atoms with van der Waals surface area (Å²) in [6.07, 6.45) is 5.73. The first-order valence-electron chi connectivity index (χ1n) is 6.85. The van der Waals surface area contributed by atoms with E-state index < -0.39 is 0 Å². The smallest absolute Gasteiger partial charge is 0.0477 e. The van der Waals surface area contributed by atoms with Crippen molar-refractivity contribution >= 4 is 0 Å². The number of nitrogens with one attached hydrogen (secondary N) is 1. The molecule has 0 aromatic rings. The summed E-state index contributed by atoms with van der Waals surface area (Å²) in [5.41, 5.74) is 0. The summed E-state index contributed by atoms with van der Waals surface area (Å²) in [5, 5.41) is 3.26. The van der Waals surface area contributed by atoms with Gasteiger partial charge in [0.25, 0.3) is 0 Å². The third-order valence-corrected chi connectivity index (χ3v) is 4.44. The topological polar surface area (TPSA) is 18.5 Å². The van der Waals surface area contributed by atoms with Crippen LogP contribution in [0.15, 0.2) is 0 Å². The number of hydrogen-bond donors (Lipinski definition) is 1. The molecule has 16 heavy (non-hydrogen) atoms. The predicted octanol–water partition coefficient (Wildman–Crippen LogP) is 1.22. The van der Waals surface area contributed by atoms with E-state index in [2.05, 4.69) is 22.2 Å². The van der Waals surface area contributed by atoms with Crippen molar-refractivity contribution in [2.75, 3.05) is 46.9 Å². The average Bonchev–Trinajstić information content (AvgIpc) is 2.32. The first-order chi connectivity index (χ1) is 7.79. The van der Waals surface area contributed by atoms with E-state index in [-0.39, 0.29) is 0 Å². The molecule has 2 rings (SSSR count). The van der Waals surface area contributed by atoms with Crippen molar-refractivity contribution in [2.24, 2.45) is 11.8 Å². The molecule has 0 atom stereocenters. The van der Waals surface area contributed by atoms with Crippen molar-refractivity contribution in [1.82, 2.24) is 15.1 Å². The highest BCUT2D eigenvalue weighted by atomic mass is 15.2. The van der Waals surface area contributed by atoms with Crippen molar-refractivity contribution in [2.45, 2.75) is 25.7 Å². The van der Waals surface area contributed by atoms with E-state index in [0.717, 1.165) is 18.5 Å². The monoisotopic (exact) mass is 225 g/mol. The highest BCUT2D eigenvalue weighted by Gasteiger charge is 2.28. The minimum atomic E-state index is 1.02. The van der Waals surface area contributed by atoms with Gasteiger partial charge in [0.2, 0.25) is 0 Å². The molecule has 0 radical (unpaired) electrons. The minimum Gasteiger partial charge on any atom is -0.307 e. The second-order valence-corrected chi connectivity index (χ2v) is 5.61. The van der Waals surface area contributed by atoms with Gasteiger partial charge in [-0.1, -0.05) is 0 Å². The van der Waals surface area contributed by atoms with Gasteiger partial charge in [0.1, 0.15) is 0 Å². The molecule has 0 aromatic heterocycles. The summed E-state index contributed by atoms with van der Waals surface area (Å²) < 4.78 is 0. The quantitative estimate of drug-likeness (QED) is 0.779. The lowest BCUT2D eigenvalue weighted by atomic mass is 9.79. The number of piperidine rings is 2. The summed E-state index contributed by atoms with van der Waals surface area (Å²) in [6.45, 7) is 6.32. The van der Waals surface area contributed by atoms with Crippen LogP contribution in [0.2, 0.25) is 0 Å². The first-order valence-corrected chi connectivity index (χ1v) is 6.85. The molecular formula is C13H27N3. The Morgan fingerprint density at radius 3 is 1.94 bits per heavy atom. The molecule has 94 valence electrons. The molecule has 2 fully saturated rings. The van der Waals surface area contributed by atoms with Crippen molar-refractivity contribution < 1.29 is 0 Å². The van der Waals surface area contributed by atoms with Gasteiger partial charge in [-0.2, -0.15) is 0 Å². The third-order valence-electron chi connectivity index (χ3n) is 4.44. The molecule has 0 saturated carbocycles. The number of likely N-dealkylation sites (tertiary alicyclic amines) is 2. The van der Waals surface area contributed by atoms with Crippen LogP contribution in [0.5, 0.6) is 0 Å². The molecule has 3 heteroatoms. The fourth-order valence-electron chi connectivity index (χ4n) is 3.31. The zero-order chi connectivity index (χ0) is 11.4. The summed E-state index contributed by atoms with van der Waals surface area (Å²) in [5.74, 6) is 2.04. The lowest BCUT2D eigenvalue weighted by Gasteiger charge is -2.39. The normalized spacial score (nSPS) is 27.4. The average molecular weight is 225 g/mol. The van der Waals surface area contributed by atoms with E-state index in [1.807, 2.05) is 7.05 Å². The number of rotatable bonds is 3. The van der Waals surface area contributed by atoms with Crippen LogP contribution in [0.3, 0.4) is 0 Å². The van der Waals surface area contributed by atoms with Gasteiger partial charge in [0.15, 0.2) is 0 Å². The maximum Gasteiger partial charge on any atom is 0.0477 e. The second kappa shape index (κ2) is 5.99. The van der Waals surface area contributed by atoms with Crippen molar-refractivity contribution in [3.8, 4) is 0 Å². The molecule has 1 N–H and O–H groups in total. The fourth-order valence-corrected chi connectivity index (χ4v) is 3.31. The molecule has 3 nitrogen and oxygen atoms in total. The standard InChI is InChI=1S/C13H27N3/c1-14-11-16-9-5-13(6-10-16)12-3-7-15(2)8-4-12/h12-14H,3-11H2,1-2H3. The summed E-state index contributed by atoms with van der Waals surface area (Å²) in [6, 6.07) is 0. The Labute approximate surface area is 100 Å². The van der Waals surface area contributed by atoms with Crippen LogP contribution in [0, 0.1) is 11.8 Å². The third kappa shape index (κ3) is 3.19. The van der Waals surface area contributed by atoms with Crippen molar-refractivity contribution in [3.05, 3.63) is 0 Å². The van der Waals surface area contributed by atoms with Crippen molar-refractivity contribution in [1.29, 1.82) is 0 Å². The molecule has 0 unspecified atom stereocenters. The number of hydrogen-bond acceptors (Lipinski definition) is 3. The Balaban J connectivity index is 1.72. The molecule has 0 spiro atoms. The highest BCUT2D eigenvalue weighted by Crippen LogP contribution is 2.31. The molecule has 0 aromatic carbocycles. The Kier molecular flexibility index (Phi) is 4.62. The second-order valence-electron chi connectivity index (χ2n) is 5.61. The van der Waals surface area contributed by atoms with Gasteiger partial charge >= 0.3 is 0 Å². The molecule has 0 aliphatic carbocycles. The van der Waals surface area contributed by atoms with E-state index in [0.29, 0.717) is 0 Å². The van der Waals surface area contributed by atoms with Crippen LogP contribution < -0.4 is 5.32 Å². The van der Waals surface area contributed by atoms with Gasteiger partial charge in [0.05, 0.1) is 0 Å². The zero-order valence-corrected chi connectivity index (χ0v) is 10.9. The molecule has 2 heterocycles. The summed E-state index contributed by atoms with van der Waals surface area (Å²) in [4.78, 5) is 5.03. The van der Waals surface area contributed by atoms with E-state index in [1.165, 1.54) is 51.9 Å². The lowest BCUT2D eigenvalue weighted by molar-refractivity contribution is 0.103. The van der Waals surface area contributed by atoms with Crippen LogP contribution in [0.1, 0.15) is 25.7 Å². The molecule has 2 aliphatic rings. The van der Waals surface area contributed by atoms with E-state index in [1.54, 1.807) is 0 Å². The van der Waals surface area contributed by atoms with Crippen LogP contribution >= 0.6 is 0 Å². The van der Waals surface area contributed by atoms with Gasteiger partial charge in [-0.25, -0.2) is 0 Å². The van der Waals surface area contributed by atoms with Crippen LogP contribution in [0.25, 0.3) is 0 Å². The number of nitrogens with zero attached hydrogens (tertiary/aromatic N) is 2.